The topological polar surface area (TPSA) is 115 Å². The number of hydrogen-bond acceptors (Lipinski definition) is 8. The summed E-state index contributed by atoms with van der Waals surface area (Å²) in [5.41, 5.74) is 0.467. The molecule has 2 aromatic heterocycles. The van der Waals surface area contributed by atoms with Crippen molar-refractivity contribution in [1.29, 1.82) is 0 Å². The van der Waals surface area contributed by atoms with E-state index in [9.17, 15) is 10.1 Å². The van der Waals surface area contributed by atoms with Gasteiger partial charge in [0.15, 0.2) is 0 Å². The predicted octanol–water partition coefficient (Wildman–Crippen LogP) is 2.11. The molecule has 0 spiro atoms. The van der Waals surface area contributed by atoms with Gasteiger partial charge in [0.1, 0.15) is 6.33 Å². The molecule has 0 aromatic carbocycles. The van der Waals surface area contributed by atoms with Crippen LogP contribution in [0, 0.1) is 10.1 Å². The monoisotopic (exact) mass is 316 g/mol. The van der Waals surface area contributed by atoms with Crippen molar-refractivity contribution >= 4 is 23.0 Å². The summed E-state index contributed by atoms with van der Waals surface area (Å²) in [4.78, 5) is 22.8. The molecule has 23 heavy (non-hydrogen) atoms. The second-order valence-electron chi connectivity index (χ2n) is 5.05. The first-order chi connectivity index (χ1) is 11.2. The molecule has 120 valence electrons. The van der Waals surface area contributed by atoms with Crippen molar-refractivity contribution in [2.24, 2.45) is 0 Å². The molecular formula is C14H16N6O3. The lowest BCUT2D eigenvalue weighted by Gasteiger charge is -2.12. The van der Waals surface area contributed by atoms with Gasteiger partial charge in [-0.15, -0.1) is 0 Å². The molecule has 0 amide bonds. The lowest BCUT2D eigenvalue weighted by molar-refractivity contribution is -0.383. The highest BCUT2D eigenvalue weighted by atomic mass is 16.6. The van der Waals surface area contributed by atoms with E-state index in [-0.39, 0.29) is 23.4 Å². The van der Waals surface area contributed by atoms with Crippen LogP contribution < -0.4 is 10.6 Å². The molecule has 0 saturated carbocycles. The largest absolute Gasteiger partial charge is 0.376 e. The number of aromatic nitrogens is 3. The third-order valence-corrected chi connectivity index (χ3v) is 3.47. The van der Waals surface area contributed by atoms with E-state index in [0.717, 1.165) is 19.4 Å². The minimum Gasteiger partial charge on any atom is -0.376 e. The van der Waals surface area contributed by atoms with Crippen molar-refractivity contribution in [3.05, 3.63) is 41.0 Å². The lowest BCUT2D eigenvalue weighted by Crippen LogP contribution is -2.20. The number of nitrogens with zero attached hydrogens (tertiary/aromatic N) is 4. The zero-order valence-electron chi connectivity index (χ0n) is 12.3. The van der Waals surface area contributed by atoms with Crippen molar-refractivity contribution in [1.82, 2.24) is 15.0 Å². The summed E-state index contributed by atoms with van der Waals surface area (Å²) >= 11 is 0. The van der Waals surface area contributed by atoms with Crippen molar-refractivity contribution in [2.45, 2.75) is 18.9 Å². The Hall–Kier alpha value is -2.81. The molecule has 3 heterocycles. The Kier molecular flexibility index (Phi) is 4.57. The van der Waals surface area contributed by atoms with Gasteiger partial charge in [-0.1, -0.05) is 0 Å². The normalized spacial score (nSPS) is 17.0. The van der Waals surface area contributed by atoms with Crippen molar-refractivity contribution in [3.8, 4) is 0 Å². The maximum Gasteiger partial charge on any atom is 0.353 e. The molecule has 1 atom stereocenters. The van der Waals surface area contributed by atoms with Gasteiger partial charge in [-0.05, 0) is 25.0 Å². The molecule has 0 bridgehead atoms. The zero-order valence-corrected chi connectivity index (χ0v) is 12.3. The molecular weight excluding hydrogens is 300 g/mol. The lowest BCUT2D eigenvalue weighted by atomic mass is 10.2. The van der Waals surface area contributed by atoms with Crippen LogP contribution in [-0.2, 0) is 4.74 Å². The summed E-state index contributed by atoms with van der Waals surface area (Å²) in [5, 5.41) is 17.3. The molecule has 2 N–H and O–H groups in total. The molecule has 1 fully saturated rings. The van der Waals surface area contributed by atoms with Crippen LogP contribution in [0.2, 0.25) is 0 Å². The second-order valence-corrected chi connectivity index (χ2v) is 5.05. The fraction of sp³-hybridized carbons (Fsp3) is 0.357. The molecule has 1 aliphatic heterocycles. The molecule has 9 heteroatoms. The Bertz CT molecular complexity index is 675. The number of anilines is 3. The maximum atomic E-state index is 11.4. The van der Waals surface area contributed by atoms with Gasteiger partial charge in [-0.2, -0.15) is 0 Å². The van der Waals surface area contributed by atoms with Crippen molar-refractivity contribution < 1.29 is 9.66 Å². The Labute approximate surface area is 132 Å². The first-order valence-electron chi connectivity index (χ1n) is 7.26. The average molecular weight is 316 g/mol. The summed E-state index contributed by atoms with van der Waals surface area (Å²) in [6.45, 7) is 1.21. The number of hydrogen-bond donors (Lipinski definition) is 2. The van der Waals surface area contributed by atoms with Crippen LogP contribution in [0.25, 0.3) is 0 Å². The van der Waals surface area contributed by atoms with Gasteiger partial charge in [0.25, 0.3) is 0 Å². The van der Waals surface area contributed by atoms with Crippen LogP contribution in [0.4, 0.5) is 23.0 Å². The highest BCUT2D eigenvalue weighted by Gasteiger charge is 2.24. The van der Waals surface area contributed by atoms with Crippen LogP contribution in [0.15, 0.2) is 30.9 Å². The van der Waals surface area contributed by atoms with E-state index >= 15 is 0 Å². The Morgan fingerprint density at radius 2 is 2.09 bits per heavy atom. The van der Waals surface area contributed by atoms with Crippen LogP contribution >= 0.6 is 0 Å². The van der Waals surface area contributed by atoms with Gasteiger partial charge in [0.2, 0.25) is 11.6 Å². The predicted molar refractivity (Wildman–Crippen MR) is 83.7 cm³/mol. The summed E-state index contributed by atoms with van der Waals surface area (Å²) in [6.07, 6.45) is 6.47. The van der Waals surface area contributed by atoms with Crippen LogP contribution in [0.1, 0.15) is 12.8 Å². The minimum absolute atomic E-state index is 0.0566. The van der Waals surface area contributed by atoms with E-state index in [1.807, 2.05) is 0 Å². The summed E-state index contributed by atoms with van der Waals surface area (Å²) in [6, 6.07) is 3.40. The van der Waals surface area contributed by atoms with E-state index in [4.69, 9.17) is 4.74 Å². The number of nitro groups is 1. The van der Waals surface area contributed by atoms with E-state index in [1.165, 1.54) is 6.33 Å². The number of pyridine rings is 1. The summed E-state index contributed by atoms with van der Waals surface area (Å²) in [7, 11) is 0. The summed E-state index contributed by atoms with van der Waals surface area (Å²) < 4.78 is 5.50. The van der Waals surface area contributed by atoms with E-state index in [0.29, 0.717) is 12.2 Å². The molecule has 1 unspecified atom stereocenters. The van der Waals surface area contributed by atoms with Gasteiger partial charge in [0.05, 0.1) is 11.0 Å². The van der Waals surface area contributed by atoms with Crippen LogP contribution in [-0.4, -0.2) is 39.1 Å². The fourth-order valence-electron chi connectivity index (χ4n) is 2.36. The van der Waals surface area contributed by atoms with Gasteiger partial charge in [0, 0.05) is 31.2 Å². The average Bonchev–Trinajstić information content (AvgIpc) is 3.07. The fourth-order valence-corrected chi connectivity index (χ4v) is 2.36. The van der Waals surface area contributed by atoms with Crippen LogP contribution in [0.5, 0.6) is 0 Å². The SMILES string of the molecule is O=[N+]([O-])c1c(NCC2CCCO2)ncnc1Nc1ccncc1. The Morgan fingerprint density at radius 3 is 2.78 bits per heavy atom. The molecule has 2 aromatic rings. The molecule has 0 radical (unpaired) electrons. The van der Waals surface area contributed by atoms with E-state index in [2.05, 4.69) is 25.6 Å². The van der Waals surface area contributed by atoms with Gasteiger partial charge >= 0.3 is 5.69 Å². The number of nitrogens with one attached hydrogen (secondary N) is 2. The van der Waals surface area contributed by atoms with E-state index in [1.54, 1.807) is 24.5 Å². The summed E-state index contributed by atoms with van der Waals surface area (Å²) in [5.74, 6) is 0.308. The Morgan fingerprint density at radius 1 is 1.30 bits per heavy atom. The van der Waals surface area contributed by atoms with Gasteiger partial charge in [-0.25, -0.2) is 9.97 Å². The second kappa shape index (κ2) is 6.97. The first-order valence-corrected chi connectivity index (χ1v) is 7.26. The first kappa shape index (κ1) is 15.1. The maximum absolute atomic E-state index is 11.4. The smallest absolute Gasteiger partial charge is 0.353 e. The third-order valence-electron chi connectivity index (χ3n) is 3.47. The molecule has 1 aliphatic rings. The molecule has 1 saturated heterocycles. The minimum atomic E-state index is -0.499. The third kappa shape index (κ3) is 3.69. The van der Waals surface area contributed by atoms with Crippen molar-refractivity contribution in [2.75, 3.05) is 23.8 Å². The van der Waals surface area contributed by atoms with Gasteiger partial charge < -0.3 is 15.4 Å². The van der Waals surface area contributed by atoms with Crippen LogP contribution in [0.3, 0.4) is 0 Å². The van der Waals surface area contributed by atoms with E-state index < -0.39 is 4.92 Å². The number of ether oxygens (including phenoxy) is 1. The highest BCUT2D eigenvalue weighted by molar-refractivity contribution is 5.73. The number of rotatable bonds is 6. The molecule has 0 aliphatic carbocycles. The Balaban J connectivity index is 1.81. The standard InChI is InChI=1S/C14H16N6O3/c21-20(22)12-13(16-8-11-2-1-7-23-11)17-9-18-14(12)19-10-3-5-15-6-4-10/h3-6,9,11H,1-2,7-8H2,(H2,15,16,17,18,19). The zero-order chi connectivity index (χ0) is 16.1. The highest BCUT2D eigenvalue weighted by Crippen LogP contribution is 2.31. The van der Waals surface area contributed by atoms with Gasteiger partial charge in [-0.3, -0.25) is 15.1 Å². The van der Waals surface area contributed by atoms with Crippen molar-refractivity contribution in [3.63, 3.8) is 0 Å². The molecule has 3 rings (SSSR count). The quantitative estimate of drug-likeness (QED) is 0.615. The molecule has 9 nitrogen and oxygen atoms in total.